The molecule has 0 atom stereocenters. The van der Waals surface area contributed by atoms with Crippen LogP contribution in [-0.2, 0) is 11.2 Å². The van der Waals surface area contributed by atoms with Crippen LogP contribution in [0.5, 0.6) is 0 Å². The number of rotatable bonds is 8. The minimum absolute atomic E-state index is 0.167. The van der Waals surface area contributed by atoms with E-state index in [9.17, 15) is 9.59 Å². The van der Waals surface area contributed by atoms with E-state index in [1.807, 2.05) is 16.8 Å². The Balaban J connectivity index is 1.46. The van der Waals surface area contributed by atoms with Crippen molar-refractivity contribution >= 4 is 34.6 Å². The summed E-state index contributed by atoms with van der Waals surface area (Å²) in [6.07, 6.45) is 2.16. The Hall–Kier alpha value is -3.46. The second kappa shape index (κ2) is 9.47. The van der Waals surface area contributed by atoms with Crippen LogP contribution in [0.3, 0.4) is 0 Å². The van der Waals surface area contributed by atoms with Gasteiger partial charge in [-0.25, -0.2) is 4.79 Å². The number of nitrogens with zero attached hydrogens (tertiary/aromatic N) is 2. The van der Waals surface area contributed by atoms with Gasteiger partial charge in [-0.1, -0.05) is 6.08 Å². The van der Waals surface area contributed by atoms with Crippen LogP contribution >= 0.6 is 11.3 Å². The number of benzene rings is 1. The molecule has 0 bridgehead atoms. The van der Waals surface area contributed by atoms with Crippen LogP contribution in [0, 0.1) is 0 Å². The van der Waals surface area contributed by atoms with Gasteiger partial charge in [0, 0.05) is 41.7 Å². The van der Waals surface area contributed by atoms with Gasteiger partial charge in [-0.2, -0.15) is 11.3 Å². The van der Waals surface area contributed by atoms with Crippen molar-refractivity contribution in [3.8, 4) is 11.5 Å². The number of anilines is 2. The van der Waals surface area contributed by atoms with Gasteiger partial charge in [-0.15, -0.1) is 16.8 Å². The normalized spacial score (nSPS) is 10.3. The highest BCUT2D eigenvalue weighted by atomic mass is 32.1. The smallest absolute Gasteiger partial charge is 0.319 e. The van der Waals surface area contributed by atoms with E-state index in [2.05, 4.69) is 32.7 Å². The van der Waals surface area contributed by atoms with Crippen LogP contribution in [0.2, 0.25) is 0 Å². The molecule has 2 heterocycles. The maximum atomic E-state index is 12.1. The summed E-state index contributed by atoms with van der Waals surface area (Å²) in [5, 5.41) is 19.9. The Bertz CT molecular complexity index is 935. The Morgan fingerprint density at radius 1 is 1.11 bits per heavy atom. The molecule has 0 aliphatic heterocycles. The van der Waals surface area contributed by atoms with Gasteiger partial charge in [0.05, 0.1) is 0 Å². The van der Waals surface area contributed by atoms with E-state index in [1.165, 1.54) is 0 Å². The van der Waals surface area contributed by atoms with Crippen LogP contribution < -0.4 is 16.0 Å². The number of hydrogen-bond donors (Lipinski definition) is 3. The fourth-order valence-corrected chi connectivity index (χ4v) is 2.91. The first-order chi connectivity index (χ1) is 13.6. The minimum atomic E-state index is -0.321. The minimum Gasteiger partial charge on any atom is -0.421 e. The van der Waals surface area contributed by atoms with Crippen molar-refractivity contribution in [3.63, 3.8) is 0 Å². The number of aromatic nitrogens is 2. The predicted octanol–water partition coefficient (Wildman–Crippen LogP) is 3.68. The standard InChI is InChI=1S/C19H19N5O3S/c1-2-10-20-19(26)22-15-5-3-14(4-6-15)21-16(25)7-8-17-23-24-18(27-17)13-9-11-28-12-13/h2-6,9,11-12H,1,7-8,10H2,(H,21,25)(H2,20,22,26). The fraction of sp³-hybridized carbons (Fsp3) is 0.158. The number of carbonyl (C=O) groups excluding carboxylic acids is 2. The zero-order valence-corrected chi connectivity index (χ0v) is 15.8. The molecule has 0 spiro atoms. The average molecular weight is 397 g/mol. The van der Waals surface area contributed by atoms with E-state index >= 15 is 0 Å². The van der Waals surface area contributed by atoms with Gasteiger partial charge in [0.1, 0.15) is 0 Å². The van der Waals surface area contributed by atoms with E-state index in [1.54, 1.807) is 41.7 Å². The van der Waals surface area contributed by atoms with Gasteiger partial charge < -0.3 is 20.4 Å². The quantitative estimate of drug-likeness (QED) is 0.503. The molecule has 0 aliphatic rings. The number of amides is 3. The number of thiophene rings is 1. The fourth-order valence-electron chi connectivity index (χ4n) is 2.28. The first-order valence-corrected chi connectivity index (χ1v) is 9.49. The number of carbonyl (C=O) groups is 2. The third-order valence-electron chi connectivity index (χ3n) is 3.63. The van der Waals surface area contributed by atoms with Crippen molar-refractivity contribution in [3.05, 3.63) is 59.6 Å². The molecule has 3 amide bonds. The highest BCUT2D eigenvalue weighted by Crippen LogP contribution is 2.21. The van der Waals surface area contributed by atoms with Gasteiger partial charge >= 0.3 is 6.03 Å². The molecule has 0 fully saturated rings. The molecule has 1 aromatic carbocycles. The first-order valence-electron chi connectivity index (χ1n) is 8.54. The molecule has 0 saturated carbocycles. The molecule has 3 aromatic rings. The zero-order chi connectivity index (χ0) is 19.8. The van der Waals surface area contributed by atoms with Crippen molar-refractivity contribution in [2.24, 2.45) is 0 Å². The Morgan fingerprint density at radius 3 is 2.54 bits per heavy atom. The summed E-state index contributed by atoms with van der Waals surface area (Å²) >= 11 is 1.55. The molecule has 144 valence electrons. The van der Waals surface area contributed by atoms with Crippen LogP contribution in [-0.4, -0.2) is 28.7 Å². The van der Waals surface area contributed by atoms with Crippen LogP contribution in [0.15, 0.2) is 58.2 Å². The third kappa shape index (κ3) is 5.52. The van der Waals surface area contributed by atoms with E-state index < -0.39 is 0 Å². The summed E-state index contributed by atoms with van der Waals surface area (Å²) < 4.78 is 5.56. The molecular weight excluding hydrogens is 378 g/mol. The molecule has 28 heavy (non-hydrogen) atoms. The molecular formula is C19H19N5O3S. The summed E-state index contributed by atoms with van der Waals surface area (Å²) in [4.78, 5) is 23.7. The molecule has 8 nitrogen and oxygen atoms in total. The lowest BCUT2D eigenvalue weighted by Gasteiger charge is -2.08. The second-order valence-corrected chi connectivity index (χ2v) is 6.54. The second-order valence-electron chi connectivity index (χ2n) is 5.76. The van der Waals surface area contributed by atoms with Gasteiger partial charge in [0.15, 0.2) is 0 Å². The molecule has 3 N–H and O–H groups in total. The average Bonchev–Trinajstić information content (AvgIpc) is 3.38. The lowest BCUT2D eigenvalue weighted by molar-refractivity contribution is -0.116. The van der Waals surface area contributed by atoms with Crippen molar-refractivity contribution in [2.75, 3.05) is 17.2 Å². The zero-order valence-electron chi connectivity index (χ0n) is 15.0. The lowest BCUT2D eigenvalue weighted by Crippen LogP contribution is -2.28. The predicted molar refractivity (Wildman–Crippen MR) is 108 cm³/mol. The summed E-state index contributed by atoms with van der Waals surface area (Å²) in [7, 11) is 0. The molecule has 0 saturated heterocycles. The van der Waals surface area contributed by atoms with Crippen LogP contribution in [0.1, 0.15) is 12.3 Å². The Kier molecular flexibility index (Phi) is 6.53. The van der Waals surface area contributed by atoms with Crippen LogP contribution in [0.25, 0.3) is 11.5 Å². The van der Waals surface area contributed by atoms with Crippen molar-refractivity contribution in [1.29, 1.82) is 0 Å². The summed E-state index contributed by atoms with van der Waals surface area (Å²) in [6.45, 7) is 3.91. The Labute approximate surface area is 165 Å². The van der Waals surface area contributed by atoms with Gasteiger partial charge in [0.2, 0.25) is 17.7 Å². The lowest BCUT2D eigenvalue weighted by atomic mass is 10.2. The van der Waals surface area contributed by atoms with Crippen molar-refractivity contribution < 1.29 is 14.0 Å². The third-order valence-corrected chi connectivity index (χ3v) is 4.32. The van der Waals surface area contributed by atoms with E-state index in [4.69, 9.17) is 4.42 Å². The number of aryl methyl sites for hydroxylation is 1. The summed E-state index contributed by atoms with van der Waals surface area (Å²) in [5.41, 5.74) is 2.12. The largest absolute Gasteiger partial charge is 0.421 e. The molecule has 0 radical (unpaired) electrons. The number of urea groups is 1. The summed E-state index contributed by atoms with van der Waals surface area (Å²) in [5.74, 6) is 0.707. The first kappa shape index (κ1) is 19.3. The van der Waals surface area contributed by atoms with Gasteiger partial charge in [-0.3, -0.25) is 4.79 Å². The maximum absolute atomic E-state index is 12.1. The molecule has 0 unspecified atom stereocenters. The van der Waals surface area contributed by atoms with E-state index in [-0.39, 0.29) is 18.4 Å². The van der Waals surface area contributed by atoms with E-state index in [0.717, 1.165) is 5.56 Å². The molecule has 0 aliphatic carbocycles. The van der Waals surface area contributed by atoms with Gasteiger partial charge in [0.25, 0.3) is 0 Å². The molecule has 9 heteroatoms. The number of nitrogens with one attached hydrogen (secondary N) is 3. The van der Waals surface area contributed by atoms with Crippen molar-refractivity contribution in [1.82, 2.24) is 15.5 Å². The van der Waals surface area contributed by atoms with E-state index in [0.29, 0.717) is 36.1 Å². The van der Waals surface area contributed by atoms with Crippen LogP contribution in [0.4, 0.5) is 16.2 Å². The molecule has 3 rings (SSSR count). The maximum Gasteiger partial charge on any atom is 0.319 e. The topological polar surface area (TPSA) is 109 Å². The highest BCUT2D eigenvalue weighted by molar-refractivity contribution is 7.08. The highest BCUT2D eigenvalue weighted by Gasteiger charge is 2.11. The summed E-state index contributed by atoms with van der Waals surface area (Å²) in [6, 6.07) is 8.40. The van der Waals surface area contributed by atoms with Crippen molar-refractivity contribution in [2.45, 2.75) is 12.8 Å². The monoisotopic (exact) mass is 397 g/mol. The SMILES string of the molecule is C=CCNC(=O)Nc1ccc(NC(=O)CCc2nnc(-c3ccsc3)o2)cc1. The molecule has 2 aromatic heterocycles. The van der Waals surface area contributed by atoms with Gasteiger partial charge in [-0.05, 0) is 35.7 Å². The Morgan fingerprint density at radius 2 is 1.86 bits per heavy atom. The number of hydrogen-bond acceptors (Lipinski definition) is 6.